The van der Waals surface area contributed by atoms with Crippen molar-refractivity contribution >= 4 is 17.6 Å². The van der Waals surface area contributed by atoms with E-state index in [1.54, 1.807) is 44.2 Å². The van der Waals surface area contributed by atoms with Crippen molar-refractivity contribution in [1.29, 1.82) is 0 Å². The highest BCUT2D eigenvalue weighted by molar-refractivity contribution is 6.30. The molecule has 0 amide bonds. The van der Waals surface area contributed by atoms with Crippen molar-refractivity contribution in [3.05, 3.63) is 109 Å². The van der Waals surface area contributed by atoms with Crippen LogP contribution in [0.15, 0.2) is 86.4 Å². The molecule has 0 saturated carbocycles. The molecule has 10 nitrogen and oxygen atoms in total. The van der Waals surface area contributed by atoms with Gasteiger partial charge in [0.25, 0.3) is 0 Å². The van der Waals surface area contributed by atoms with Gasteiger partial charge in [-0.1, -0.05) is 35.9 Å². The Hall–Kier alpha value is -4.05. The molecule has 1 aromatic heterocycles. The fourth-order valence-corrected chi connectivity index (χ4v) is 3.90. The van der Waals surface area contributed by atoms with Gasteiger partial charge < -0.3 is 15.2 Å². The Morgan fingerprint density at radius 2 is 2.00 bits per heavy atom. The van der Waals surface area contributed by atoms with E-state index in [1.165, 1.54) is 10.6 Å². The monoisotopic (exact) mass is 511 g/mol. The third kappa shape index (κ3) is 5.77. The number of hydrogen-bond acceptors (Lipinski definition) is 6. The number of carboxylic acid groups (broad SMARTS) is 1. The van der Waals surface area contributed by atoms with Gasteiger partial charge in [-0.2, -0.15) is 0 Å². The lowest BCUT2D eigenvalue weighted by atomic mass is 10.1. The molecule has 2 heterocycles. The molecule has 2 aromatic rings. The number of aromatic amines is 1. The summed E-state index contributed by atoms with van der Waals surface area (Å²) in [7, 11) is 0. The first-order valence-corrected chi connectivity index (χ1v) is 11.8. The molecule has 0 spiro atoms. The van der Waals surface area contributed by atoms with Crippen LogP contribution in [0.2, 0.25) is 5.02 Å². The van der Waals surface area contributed by atoms with Crippen molar-refractivity contribution < 1.29 is 14.6 Å². The number of H-pyrrole nitrogens is 1. The summed E-state index contributed by atoms with van der Waals surface area (Å²) in [5.74, 6) is -0.155. The average molecular weight is 512 g/mol. The van der Waals surface area contributed by atoms with E-state index in [0.29, 0.717) is 29.6 Å². The minimum Gasteiger partial charge on any atom is -0.478 e. The van der Waals surface area contributed by atoms with E-state index in [0.717, 1.165) is 10.1 Å². The maximum absolute atomic E-state index is 13.2. The number of ether oxygens (including phenoxy) is 1. The van der Waals surface area contributed by atoms with Gasteiger partial charge in [-0.25, -0.2) is 23.9 Å². The van der Waals surface area contributed by atoms with Gasteiger partial charge in [0.05, 0.1) is 18.2 Å². The molecule has 4 rings (SSSR count). The molecule has 2 aliphatic rings. The van der Waals surface area contributed by atoms with E-state index >= 15 is 0 Å². The van der Waals surface area contributed by atoms with Crippen LogP contribution < -0.4 is 22.3 Å². The Kier molecular flexibility index (Phi) is 7.44. The predicted molar refractivity (Wildman–Crippen MR) is 134 cm³/mol. The van der Waals surface area contributed by atoms with Gasteiger partial charge in [-0.3, -0.25) is 9.55 Å². The second-order valence-electron chi connectivity index (χ2n) is 8.57. The standard InChI is InChI=1S/C25H26ClN5O5/c1-15(2)31-24(34)29-23(30(25(31)35)14-16-3-5-18(26)6-4-16)28-19-7-9-20(10-8-19)36-21-13-17(22(32)33)11-12-27-21/h3-7,9-11,13,15,19,27H,8,12,14H2,1-2H3,(H,32,33)(H,28,29,34). The molecule has 1 atom stereocenters. The predicted octanol–water partition coefficient (Wildman–Crippen LogP) is 2.21. The van der Waals surface area contributed by atoms with Crippen LogP contribution in [0, 0.1) is 0 Å². The summed E-state index contributed by atoms with van der Waals surface area (Å²) in [6.45, 7) is 4.09. The van der Waals surface area contributed by atoms with Crippen LogP contribution in [0.4, 0.5) is 0 Å². The Bertz CT molecular complexity index is 1470. The highest BCUT2D eigenvalue weighted by Gasteiger charge is 2.16. The second kappa shape index (κ2) is 10.7. The summed E-state index contributed by atoms with van der Waals surface area (Å²) in [6, 6.07) is 6.43. The van der Waals surface area contributed by atoms with Crippen LogP contribution in [0.3, 0.4) is 0 Å². The minimum absolute atomic E-state index is 0.155. The molecular formula is C25H26ClN5O5. The number of nitrogens with zero attached hydrogens (tertiary/aromatic N) is 3. The molecule has 0 saturated heterocycles. The number of allylic oxidation sites excluding steroid dienone is 1. The normalized spacial score (nSPS) is 17.8. The van der Waals surface area contributed by atoms with Crippen LogP contribution in [-0.2, 0) is 16.1 Å². The van der Waals surface area contributed by atoms with E-state index in [1.807, 2.05) is 18.2 Å². The van der Waals surface area contributed by atoms with Gasteiger partial charge in [0.2, 0.25) is 5.62 Å². The molecule has 11 heteroatoms. The van der Waals surface area contributed by atoms with Crippen molar-refractivity contribution in [3.8, 4) is 0 Å². The molecule has 0 bridgehead atoms. The van der Waals surface area contributed by atoms with Crippen molar-refractivity contribution in [2.75, 3.05) is 6.54 Å². The zero-order chi connectivity index (χ0) is 25.8. The van der Waals surface area contributed by atoms with Crippen LogP contribution in [0.1, 0.15) is 31.9 Å². The number of rotatable bonds is 7. The van der Waals surface area contributed by atoms with Crippen LogP contribution in [-0.4, -0.2) is 37.8 Å². The number of aliphatic carboxylic acids is 1. The summed E-state index contributed by atoms with van der Waals surface area (Å²) in [5.41, 5.74) is 0.162. The smallest absolute Gasteiger partial charge is 0.335 e. The summed E-state index contributed by atoms with van der Waals surface area (Å²) in [5, 5.41) is 12.7. The molecular weight excluding hydrogens is 486 g/mol. The fourth-order valence-electron chi connectivity index (χ4n) is 3.78. The molecule has 36 heavy (non-hydrogen) atoms. The van der Waals surface area contributed by atoms with Crippen LogP contribution >= 0.6 is 11.6 Å². The first-order chi connectivity index (χ1) is 17.2. The van der Waals surface area contributed by atoms with Gasteiger partial charge in [0, 0.05) is 23.7 Å². The summed E-state index contributed by atoms with van der Waals surface area (Å²) in [4.78, 5) is 44.4. The van der Waals surface area contributed by atoms with Gasteiger partial charge in [0.1, 0.15) is 5.76 Å². The molecule has 1 aliphatic heterocycles. The molecule has 188 valence electrons. The maximum Gasteiger partial charge on any atom is 0.335 e. The number of benzene rings is 1. The Morgan fingerprint density at radius 3 is 2.64 bits per heavy atom. The molecule has 1 unspecified atom stereocenters. The largest absolute Gasteiger partial charge is 0.478 e. The van der Waals surface area contributed by atoms with Crippen LogP contribution in [0.25, 0.3) is 0 Å². The summed E-state index contributed by atoms with van der Waals surface area (Å²) in [6.07, 6.45) is 8.76. The zero-order valence-electron chi connectivity index (χ0n) is 19.8. The maximum atomic E-state index is 13.2. The quantitative estimate of drug-likeness (QED) is 0.522. The lowest BCUT2D eigenvalue weighted by Crippen LogP contribution is -2.51. The number of carboxylic acids is 1. The molecule has 1 aromatic carbocycles. The number of dihydropyridines is 1. The highest BCUT2D eigenvalue weighted by atomic mass is 35.5. The van der Waals surface area contributed by atoms with Gasteiger partial charge in [-0.15, -0.1) is 0 Å². The average Bonchev–Trinajstić information content (AvgIpc) is 2.84. The van der Waals surface area contributed by atoms with Gasteiger partial charge >= 0.3 is 17.3 Å². The first-order valence-electron chi connectivity index (χ1n) is 11.4. The second-order valence-corrected chi connectivity index (χ2v) is 9.00. The van der Waals surface area contributed by atoms with Crippen molar-refractivity contribution in [2.24, 2.45) is 4.99 Å². The van der Waals surface area contributed by atoms with Crippen LogP contribution in [0.5, 0.6) is 0 Å². The third-order valence-electron chi connectivity index (χ3n) is 5.59. The molecule has 1 aliphatic carbocycles. The van der Waals surface area contributed by atoms with E-state index in [2.05, 4.69) is 15.3 Å². The lowest BCUT2D eigenvalue weighted by Gasteiger charge is -2.18. The van der Waals surface area contributed by atoms with E-state index < -0.39 is 17.3 Å². The highest BCUT2D eigenvalue weighted by Crippen LogP contribution is 2.18. The zero-order valence-corrected chi connectivity index (χ0v) is 20.5. The number of hydrogen-bond donors (Lipinski definition) is 3. The SMILES string of the molecule is CC(C)n1c(=O)[nH]/c(=N\C2C=CC(OC3=CC(C(=O)O)=CCN3)=CC2)n(Cc2ccc(Cl)cc2)c1=O. The molecule has 0 radical (unpaired) electrons. The van der Waals surface area contributed by atoms with Crippen molar-refractivity contribution in [3.63, 3.8) is 0 Å². The summed E-state index contributed by atoms with van der Waals surface area (Å²) < 4.78 is 8.35. The first kappa shape index (κ1) is 25.1. The van der Waals surface area contributed by atoms with E-state index in [9.17, 15) is 14.4 Å². The number of nitrogens with one attached hydrogen (secondary N) is 2. The molecule has 3 N–H and O–H groups in total. The number of carbonyl (C=O) groups is 1. The number of aromatic nitrogens is 3. The Morgan fingerprint density at radius 1 is 1.25 bits per heavy atom. The van der Waals surface area contributed by atoms with Gasteiger partial charge in [0.15, 0.2) is 5.88 Å². The third-order valence-corrected chi connectivity index (χ3v) is 5.84. The fraction of sp³-hybridized carbons (Fsp3) is 0.280. The lowest BCUT2D eigenvalue weighted by molar-refractivity contribution is -0.132. The van der Waals surface area contributed by atoms with Crippen molar-refractivity contribution in [1.82, 2.24) is 19.4 Å². The topological polar surface area (TPSA) is 131 Å². The van der Waals surface area contributed by atoms with Gasteiger partial charge in [-0.05, 0) is 50.1 Å². The minimum atomic E-state index is -1.02. The Labute approximate surface area is 211 Å². The van der Waals surface area contributed by atoms with Crippen molar-refractivity contribution in [2.45, 2.75) is 38.9 Å². The van der Waals surface area contributed by atoms with E-state index in [4.69, 9.17) is 21.4 Å². The Balaban J connectivity index is 1.61. The van der Waals surface area contributed by atoms with E-state index in [-0.39, 0.29) is 29.8 Å². The molecule has 0 fully saturated rings. The number of halogens is 1. The summed E-state index contributed by atoms with van der Waals surface area (Å²) >= 11 is 5.99.